The standard InChI is InChI=1S/C20H19N5O4/c1-2-28-19(27)16(21)29-20(22)25-17-18(26)23-14-11-7-6-10-13(14)15(24-17)12-8-4-3-5-9-12/h3-11,17,21H,2H2,1H3,(H2,22,25)(H,23,26). The van der Waals surface area contributed by atoms with Crippen LogP contribution in [0, 0.1) is 5.41 Å². The Bertz CT molecular complexity index is 1000. The van der Waals surface area contributed by atoms with Crippen molar-refractivity contribution < 1.29 is 19.1 Å². The fourth-order valence-corrected chi connectivity index (χ4v) is 2.65. The van der Waals surface area contributed by atoms with Crippen LogP contribution in [0.2, 0.25) is 0 Å². The van der Waals surface area contributed by atoms with Gasteiger partial charge in [0.15, 0.2) is 0 Å². The Balaban J connectivity index is 1.96. The number of ether oxygens (including phenoxy) is 2. The van der Waals surface area contributed by atoms with Gasteiger partial charge in [0, 0.05) is 11.1 Å². The predicted molar refractivity (Wildman–Crippen MR) is 108 cm³/mol. The smallest absolute Gasteiger partial charge is 0.394 e. The van der Waals surface area contributed by atoms with Crippen LogP contribution in [0.1, 0.15) is 18.1 Å². The van der Waals surface area contributed by atoms with Crippen LogP contribution in [0.25, 0.3) is 0 Å². The van der Waals surface area contributed by atoms with Crippen molar-refractivity contribution in [3.05, 3.63) is 65.7 Å². The normalized spacial score (nSPS) is 16.0. The molecule has 1 aliphatic rings. The van der Waals surface area contributed by atoms with Crippen LogP contribution in [0.15, 0.2) is 64.6 Å². The average Bonchev–Trinajstić information content (AvgIpc) is 2.85. The number of rotatable bonds is 3. The minimum Gasteiger partial charge on any atom is -0.459 e. The number of carbonyl (C=O) groups excluding carboxylic acids is 2. The third-order valence-corrected chi connectivity index (χ3v) is 3.89. The van der Waals surface area contributed by atoms with Crippen LogP contribution in [0.5, 0.6) is 0 Å². The molecule has 1 aliphatic heterocycles. The number of aliphatic imine (C=N–C) groups is 2. The lowest BCUT2D eigenvalue weighted by Gasteiger charge is -2.09. The number of benzene rings is 2. The van der Waals surface area contributed by atoms with Gasteiger partial charge in [-0.15, -0.1) is 0 Å². The molecule has 29 heavy (non-hydrogen) atoms. The van der Waals surface area contributed by atoms with Crippen LogP contribution in [0.4, 0.5) is 5.69 Å². The van der Waals surface area contributed by atoms with Crippen molar-refractivity contribution in [2.75, 3.05) is 11.9 Å². The highest BCUT2D eigenvalue weighted by Gasteiger charge is 2.26. The second kappa shape index (κ2) is 8.79. The van der Waals surface area contributed by atoms with Crippen LogP contribution >= 0.6 is 0 Å². The van der Waals surface area contributed by atoms with Gasteiger partial charge in [-0.2, -0.15) is 4.99 Å². The molecule has 9 heteroatoms. The zero-order valence-corrected chi connectivity index (χ0v) is 15.6. The number of hydrogen-bond acceptors (Lipinski definition) is 7. The lowest BCUT2D eigenvalue weighted by atomic mass is 10.0. The summed E-state index contributed by atoms with van der Waals surface area (Å²) in [5, 5.41) is 10.3. The molecule has 1 amide bonds. The van der Waals surface area contributed by atoms with Crippen molar-refractivity contribution in [1.29, 1.82) is 5.41 Å². The van der Waals surface area contributed by atoms with Gasteiger partial charge in [-0.3, -0.25) is 10.2 Å². The van der Waals surface area contributed by atoms with Crippen LogP contribution < -0.4 is 11.1 Å². The molecular formula is C20H19N5O4. The Kier molecular flexibility index (Phi) is 5.98. The summed E-state index contributed by atoms with van der Waals surface area (Å²) in [6, 6.07) is 16.0. The van der Waals surface area contributed by atoms with Crippen LogP contribution in [-0.4, -0.2) is 42.3 Å². The first-order valence-electron chi connectivity index (χ1n) is 8.80. The molecule has 0 spiro atoms. The highest BCUT2D eigenvalue weighted by atomic mass is 16.6. The number of esters is 1. The van der Waals surface area contributed by atoms with Crippen molar-refractivity contribution in [1.82, 2.24) is 0 Å². The number of nitrogens with one attached hydrogen (secondary N) is 2. The van der Waals surface area contributed by atoms with E-state index in [0.29, 0.717) is 11.4 Å². The number of nitrogens with zero attached hydrogens (tertiary/aromatic N) is 2. The topological polar surface area (TPSA) is 139 Å². The van der Waals surface area contributed by atoms with Crippen molar-refractivity contribution in [2.45, 2.75) is 13.1 Å². The van der Waals surface area contributed by atoms with Crippen LogP contribution in [0.3, 0.4) is 0 Å². The number of amidine groups is 1. The number of carbonyl (C=O) groups is 2. The summed E-state index contributed by atoms with van der Waals surface area (Å²) in [7, 11) is 0. The second-order valence-corrected chi connectivity index (χ2v) is 5.87. The molecule has 1 atom stereocenters. The van der Waals surface area contributed by atoms with Gasteiger partial charge in [0.1, 0.15) is 0 Å². The summed E-state index contributed by atoms with van der Waals surface area (Å²) in [5.41, 5.74) is 8.31. The van der Waals surface area contributed by atoms with Gasteiger partial charge in [-0.05, 0) is 13.0 Å². The molecule has 9 nitrogen and oxygen atoms in total. The number of nitrogens with two attached hydrogens (primary N) is 1. The van der Waals surface area contributed by atoms with Crippen molar-refractivity contribution in [3.8, 4) is 0 Å². The number of hydrogen-bond donors (Lipinski definition) is 3. The molecule has 0 fully saturated rings. The van der Waals surface area contributed by atoms with Crippen LogP contribution in [-0.2, 0) is 19.1 Å². The monoisotopic (exact) mass is 393 g/mol. The van der Waals surface area contributed by atoms with Crippen molar-refractivity contribution in [3.63, 3.8) is 0 Å². The van der Waals surface area contributed by atoms with E-state index in [1.807, 2.05) is 42.5 Å². The highest BCUT2D eigenvalue weighted by Crippen LogP contribution is 2.24. The number of amides is 1. The van der Waals surface area contributed by atoms with Gasteiger partial charge >= 0.3 is 11.9 Å². The number of para-hydroxylation sites is 1. The van der Waals surface area contributed by atoms with Gasteiger partial charge in [0.05, 0.1) is 18.0 Å². The number of anilines is 1. The molecule has 2 aromatic rings. The van der Waals surface area contributed by atoms with Gasteiger partial charge in [-0.25, -0.2) is 9.79 Å². The van der Waals surface area contributed by atoms with E-state index in [2.05, 4.69) is 20.0 Å². The third kappa shape index (κ3) is 4.64. The molecule has 3 rings (SSSR count). The van der Waals surface area contributed by atoms with E-state index in [4.69, 9.17) is 15.9 Å². The fourth-order valence-electron chi connectivity index (χ4n) is 2.65. The molecule has 0 saturated heterocycles. The average molecular weight is 393 g/mol. The van der Waals surface area contributed by atoms with E-state index < -0.39 is 30.0 Å². The number of benzodiazepines with no additional fused rings is 1. The minimum atomic E-state index is -1.27. The lowest BCUT2D eigenvalue weighted by Crippen LogP contribution is -2.31. The van der Waals surface area contributed by atoms with E-state index >= 15 is 0 Å². The maximum atomic E-state index is 12.6. The van der Waals surface area contributed by atoms with E-state index in [1.54, 1.807) is 19.1 Å². The molecule has 1 unspecified atom stereocenters. The molecule has 2 aromatic carbocycles. The maximum absolute atomic E-state index is 12.6. The molecule has 0 aromatic heterocycles. The molecule has 4 N–H and O–H groups in total. The summed E-state index contributed by atoms with van der Waals surface area (Å²) in [5.74, 6) is -2.35. The number of fused-ring (bicyclic) bond motifs is 1. The first-order chi connectivity index (χ1) is 14.0. The Labute approximate surface area is 166 Å². The van der Waals surface area contributed by atoms with Crippen molar-refractivity contribution >= 4 is 35.2 Å². The van der Waals surface area contributed by atoms with Gasteiger partial charge < -0.3 is 20.5 Å². The first kappa shape index (κ1) is 19.7. The first-order valence-corrected chi connectivity index (χ1v) is 8.80. The highest BCUT2D eigenvalue weighted by molar-refractivity contribution is 6.33. The molecule has 0 bridgehead atoms. The quantitative estimate of drug-likeness (QED) is 0.413. The summed E-state index contributed by atoms with van der Waals surface area (Å²) < 4.78 is 9.51. The SMILES string of the molecule is CCOC(=O)C(=N)OC(N)=NC1N=C(c2ccccc2)c2ccccc2NC1=O. The molecule has 148 valence electrons. The Morgan fingerprint density at radius 2 is 1.90 bits per heavy atom. The third-order valence-electron chi connectivity index (χ3n) is 3.89. The van der Waals surface area contributed by atoms with E-state index in [1.165, 1.54) is 0 Å². The van der Waals surface area contributed by atoms with Gasteiger partial charge in [-0.1, -0.05) is 48.5 Å². The fraction of sp³-hybridized carbons (Fsp3) is 0.150. The van der Waals surface area contributed by atoms with Gasteiger partial charge in [0.25, 0.3) is 11.9 Å². The van der Waals surface area contributed by atoms with E-state index in [0.717, 1.165) is 11.1 Å². The summed E-state index contributed by atoms with van der Waals surface area (Å²) in [4.78, 5) is 32.5. The second-order valence-electron chi connectivity index (χ2n) is 5.87. The maximum Gasteiger partial charge on any atom is 0.394 e. The summed E-state index contributed by atoms with van der Waals surface area (Å²) >= 11 is 0. The molecular weight excluding hydrogens is 374 g/mol. The van der Waals surface area contributed by atoms with Crippen molar-refractivity contribution in [2.24, 2.45) is 15.7 Å². The largest absolute Gasteiger partial charge is 0.459 e. The van der Waals surface area contributed by atoms with Gasteiger partial charge in [0.2, 0.25) is 6.17 Å². The van der Waals surface area contributed by atoms with E-state index in [9.17, 15) is 9.59 Å². The molecule has 0 radical (unpaired) electrons. The Morgan fingerprint density at radius 3 is 2.62 bits per heavy atom. The zero-order chi connectivity index (χ0) is 20.8. The van der Waals surface area contributed by atoms with E-state index in [-0.39, 0.29) is 6.61 Å². The molecule has 0 aliphatic carbocycles. The molecule has 0 saturated carbocycles. The Hall–Kier alpha value is -4.01. The molecule has 1 heterocycles. The lowest BCUT2D eigenvalue weighted by molar-refractivity contribution is -0.136. The Morgan fingerprint density at radius 1 is 1.21 bits per heavy atom. The minimum absolute atomic E-state index is 0.0790. The predicted octanol–water partition coefficient (Wildman–Crippen LogP) is 1.67. The zero-order valence-electron chi connectivity index (χ0n) is 15.6. The summed E-state index contributed by atoms with van der Waals surface area (Å²) in [6.45, 7) is 1.67. The summed E-state index contributed by atoms with van der Waals surface area (Å²) in [6.07, 6.45) is -1.27.